The van der Waals surface area contributed by atoms with E-state index < -0.39 is 11.5 Å². The lowest BCUT2D eigenvalue weighted by atomic mass is 10.1. The largest absolute Gasteiger partial charge is 0.462 e. The van der Waals surface area contributed by atoms with Gasteiger partial charge in [-0.05, 0) is 78.6 Å². The molecule has 2 aliphatic heterocycles. The summed E-state index contributed by atoms with van der Waals surface area (Å²) in [5, 5.41) is 5.10. The van der Waals surface area contributed by atoms with Crippen LogP contribution in [0.1, 0.15) is 57.9 Å². The maximum atomic E-state index is 13.9. The zero-order valence-corrected chi connectivity index (χ0v) is 27.0. The average molecular weight is 624 g/mol. The van der Waals surface area contributed by atoms with E-state index in [0.29, 0.717) is 36.2 Å². The second-order valence-electron chi connectivity index (χ2n) is 12.8. The number of likely N-dealkylation sites (tertiary alicyclic amines) is 1. The normalized spacial score (nSPS) is 21.0. The third-order valence-electron chi connectivity index (χ3n) is 8.11. The van der Waals surface area contributed by atoms with Crippen LogP contribution in [0.2, 0.25) is 5.02 Å². The molecule has 3 aromatic rings. The highest BCUT2D eigenvalue weighted by Crippen LogP contribution is 2.34. The van der Waals surface area contributed by atoms with Crippen molar-refractivity contribution in [2.45, 2.75) is 71.2 Å². The first kappa shape index (κ1) is 31.6. The highest BCUT2D eigenvalue weighted by molar-refractivity contribution is 6.37. The number of benzene rings is 2. The second kappa shape index (κ2) is 12.6. The Balaban J connectivity index is 1.48. The summed E-state index contributed by atoms with van der Waals surface area (Å²) in [5.41, 5.74) is 6.77. The fourth-order valence-corrected chi connectivity index (χ4v) is 6.31. The molecule has 2 amide bonds. The molecule has 1 aromatic heterocycles. The summed E-state index contributed by atoms with van der Waals surface area (Å²) in [6.45, 7) is 11.7. The summed E-state index contributed by atoms with van der Waals surface area (Å²) in [6.07, 6.45) is 1.73. The first-order valence-corrected chi connectivity index (χ1v) is 15.5. The molecule has 2 aromatic carbocycles. The van der Waals surface area contributed by atoms with E-state index in [0.717, 1.165) is 30.2 Å². The number of nitrogen functional groups attached to an aromatic ring is 1. The van der Waals surface area contributed by atoms with Gasteiger partial charge < -0.3 is 35.2 Å². The van der Waals surface area contributed by atoms with Crippen molar-refractivity contribution in [1.29, 1.82) is 0 Å². The topological polar surface area (TPSA) is 126 Å². The Labute approximate surface area is 263 Å². The molecule has 2 aliphatic rings. The number of likely N-dealkylation sites (N-methyl/N-ethyl adjacent to an activating group) is 1. The average Bonchev–Trinajstić information content (AvgIpc) is 3.36. The van der Waals surface area contributed by atoms with Gasteiger partial charge in [-0.2, -0.15) is 9.97 Å². The van der Waals surface area contributed by atoms with E-state index in [2.05, 4.69) is 22.2 Å². The highest BCUT2D eigenvalue weighted by Gasteiger charge is 2.37. The van der Waals surface area contributed by atoms with Crippen molar-refractivity contribution in [3.05, 3.63) is 47.1 Å². The van der Waals surface area contributed by atoms with Crippen LogP contribution in [0.15, 0.2) is 36.4 Å². The van der Waals surface area contributed by atoms with Gasteiger partial charge in [-0.25, -0.2) is 4.79 Å². The molecule has 0 spiro atoms. The molecule has 236 valence electrons. The molecule has 0 unspecified atom stereocenters. The molecule has 5 rings (SSSR count). The molecule has 3 heterocycles. The van der Waals surface area contributed by atoms with Crippen LogP contribution in [0.25, 0.3) is 10.8 Å². The van der Waals surface area contributed by atoms with Gasteiger partial charge in [-0.3, -0.25) is 4.79 Å². The lowest BCUT2D eigenvalue weighted by Crippen LogP contribution is -2.59. The van der Waals surface area contributed by atoms with Crippen molar-refractivity contribution < 1.29 is 19.1 Å². The van der Waals surface area contributed by atoms with Crippen LogP contribution in [-0.4, -0.2) is 88.8 Å². The number of carbonyl (C=O) groups excluding carboxylic acids is 2. The van der Waals surface area contributed by atoms with Gasteiger partial charge in [0.2, 0.25) is 0 Å². The fraction of sp³-hybridized carbons (Fsp3) is 0.500. The molecule has 0 bridgehead atoms. The van der Waals surface area contributed by atoms with Crippen LogP contribution in [0.3, 0.4) is 0 Å². The number of nitrogens with zero attached hydrogens (tertiary/aromatic N) is 5. The number of halogens is 1. The Hall–Kier alpha value is -3.83. The van der Waals surface area contributed by atoms with E-state index in [1.807, 2.05) is 63.8 Å². The zero-order valence-electron chi connectivity index (χ0n) is 26.3. The predicted octanol–water partition coefficient (Wildman–Crippen LogP) is 5.42. The van der Waals surface area contributed by atoms with Crippen molar-refractivity contribution in [3.8, 4) is 6.01 Å². The summed E-state index contributed by atoms with van der Waals surface area (Å²) in [6, 6.07) is 11.1. The van der Waals surface area contributed by atoms with Crippen LogP contribution in [0.4, 0.5) is 22.0 Å². The molecule has 12 heteroatoms. The molecule has 3 atom stereocenters. The van der Waals surface area contributed by atoms with Crippen LogP contribution in [-0.2, 0) is 4.74 Å². The number of nitrogens with two attached hydrogens (primary N) is 1. The van der Waals surface area contributed by atoms with E-state index in [4.69, 9.17) is 31.8 Å². The van der Waals surface area contributed by atoms with Gasteiger partial charge in [0.05, 0.1) is 10.7 Å². The number of amides is 2. The summed E-state index contributed by atoms with van der Waals surface area (Å²) >= 11 is 6.52. The minimum Gasteiger partial charge on any atom is -0.462 e. The Bertz CT molecular complexity index is 1530. The number of ether oxygens (including phenoxy) is 2. The lowest BCUT2D eigenvalue weighted by Gasteiger charge is -2.45. The number of anilines is 3. The molecule has 44 heavy (non-hydrogen) atoms. The number of rotatable bonds is 6. The molecule has 2 saturated heterocycles. The van der Waals surface area contributed by atoms with Crippen molar-refractivity contribution in [3.63, 3.8) is 0 Å². The van der Waals surface area contributed by atoms with Crippen molar-refractivity contribution in [2.75, 3.05) is 49.2 Å². The van der Waals surface area contributed by atoms with E-state index in [9.17, 15) is 9.59 Å². The van der Waals surface area contributed by atoms with E-state index in [1.54, 1.807) is 17.0 Å². The Morgan fingerprint density at radius 3 is 2.41 bits per heavy atom. The SMILES string of the molecule is C[C@H]1CN(C(=O)OC(C)(C)C)C[C@H](C)N1c1nc(OC[C@@H]2CCCN2C)nc(C(=O)Nc2cccc3cccc(Cl)c23)c1N. The minimum atomic E-state index is -0.603. The van der Waals surface area contributed by atoms with Gasteiger partial charge in [0.15, 0.2) is 11.5 Å². The number of carbonyl (C=O) groups is 2. The van der Waals surface area contributed by atoms with Crippen LogP contribution >= 0.6 is 11.6 Å². The standard InChI is InChI=1S/C32H42ClN7O4/c1-19-16-39(31(42)44-32(3,4)5)17-20(2)40(19)28-26(34)27(36-30(37-28)43-18-22-12-9-15-38(22)6)29(41)35-24-14-8-11-21-10-7-13-23(33)25(21)24/h7-8,10-11,13-14,19-20,22H,9,12,15-18,34H2,1-6H3,(H,35,41)/t19-,20-,22-/m0/s1. The lowest BCUT2D eigenvalue weighted by molar-refractivity contribution is 0.0192. The van der Waals surface area contributed by atoms with E-state index in [-0.39, 0.29) is 41.6 Å². The van der Waals surface area contributed by atoms with E-state index in [1.165, 1.54) is 0 Å². The monoisotopic (exact) mass is 623 g/mol. The molecule has 0 aliphatic carbocycles. The summed E-state index contributed by atoms with van der Waals surface area (Å²) in [5.74, 6) is -0.117. The highest BCUT2D eigenvalue weighted by atomic mass is 35.5. The molecule has 0 radical (unpaired) electrons. The molecular formula is C32H42ClN7O4. The Kier molecular flexibility index (Phi) is 9.08. The van der Waals surface area contributed by atoms with Gasteiger partial charge in [0.25, 0.3) is 5.91 Å². The zero-order chi connectivity index (χ0) is 31.8. The Morgan fingerprint density at radius 1 is 1.09 bits per heavy atom. The molecule has 3 N–H and O–H groups in total. The van der Waals surface area contributed by atoms with E-state index >= 15 is 0 Å². The first-order chi connectivity index (χ1) is 20.8. The second-order valence-corrected chi connectivity index (χ2v) is 13.2. The number of hydrogen-bond donors (Lipinski definition) is 2. The quantitative estimate of drug-likeness (QED) is 0.370. The van der Waals surface area contributed by atoms with Gasteiger partial charge >= 0.3 is 12.1 Å². The van der Waals surface area contributed by atoms with Gasteiger partial charge in [-0.15, -0.1) is 0 Å². The Morgan fingerprint density at radius 2 is 1.77 bits per heavy atom. The maximum Gasteiger partial charge on any atom is 0.410 e. The third-order valence-corrected chi connectivity index (χ3v) is 8.43. The fourth-order valence-electron chi connectivity index (χ4n) is 6.03. The minimum absolute atomic E-state index is 0.00260. The van der Waals surface area contributed by atoms with Gasteiger partial charge in [0.1, 0.15) is 17.9 Å². The van der Waals surface area contributed by atoms with Crippen LogP contribution in [0, 0.1) is 0 Å². The number of nitrogens with one attached hydrogen (secondary N) is 1. The summed E-state index contributed by atoms with van der Waals surface area (Å²) in [7, 11) is 2.07. The third kappa shape index (κ3) is 6.78. The van der Waals surface area contributed by atoms with Crippen molar-refractivity contribution in [1.82, 2.24) is 19.8 Å². The van der Waals surface area contributed by atoms with Crippen molar-refractivity contribution >= 4 is 51.6 Å². The molecule has 2 fully saturated rings. The first-order valence-electron chi connectivity index (χ1n) is 15.1. The number of fused-ring (bicyclic) bond motifs is 1. The maximum absolute atomic E-state index is 13.9. The van der Waals surface area contributed by atoms with Gasteiger partial charge in [-0.1, -0.05) is 35.9 Å². The number of piperazine rings is 1. The van der Waals surface area contributed by atoms with Crippen molar-refractivity contribution in [2.24, 2.45) is 0 Å². The van der Waals surface area contributed by atoms with Crippen LogP contribution < -0.4 is 20.7 Å². The molecular weight excluding hydrogens is 582 g/mol. The number of aromatic nitrogens is 2. The summed E-state index contributed by atoms with van der Waals surface area (Å²) in [4.78, 5) is 42.0. The smallest absolute Gasteiger partial charge is 0.410 e. The molecule has 11 nitrogen and oxygen atoms in total. The van der Waals surface area contributed by atoms with Crippen LogP contribution in [0.5, 0.6) is 6.01 Å². The molecule has 0 saturated carbocycles. The summed E-state index contributed by atoms with van der Waals surface area (Å²) < 4.78 is 11.8. The predicted molar refractivity (Wildman–Crippen MR) is 174 cm³/mol. The number of hydrogen-bond acceptors (Lipinski definition) is 9. The van der Waals surface area contributed by atoms with Gasteiger partial charge in [0, 0.05) is 36.6 Å².